The standard InChI is InChI=1S/C16H16BrN3O4/c17-12-8-18-20(9-12)13-3-1-2-11(6-13)16(23)19-4-5-24-14(10-19)7-15(21)22/h1-3,6,8-9,14H,4-5,7,10H2,(H,21,22). The number of nitrogens with zero attached hydrogens (tertiary/aromatic N) is 3. The number of rotatable bonds is 4. The Bertz CT molecular complexity index is 761. The molecule has 1 aliphatic heterocycles. The van der Waals surface area contributed by atoms with Gasteiger partial charge in [0.15, 0.2) is 0 Å². The lowest BCUT2D eigenvalue weighted by Crippen LogP contribution is -2.46. The summed E-state index contributed by atoms with van der Waals surface area (Å²) >= 11 is 3.35. The van der Waals surface area contributed by atoms with E-state index < -0.39 is 12.1 Å². The lowest BCUT2D eigenvalue weighted by molar-refractivity contribution is -0.141. The van der Waals surface area contributed by atoms with Crippen LogP contribution < -0.4 is 0 Å². The average molecular weight is 394 g/mol. The summed E-state index contributed by atoms with van der Waals surface area (Å²) in [4.78, 5) is 25.2. The van der Waals surface area contributed by atoms with Gasteiger partial charge >= 0.3 is 5.97 Å². The first kappa shape index (κ1) is 16.7. The summed E-state index contributed by atoms with van der Waals surface area (Å²) in [6, 6.07) is 7.17. The molecule has 7 nitrogen and oxygen atoms in total. The van der Waals surface area contributed by atoms with Crippen LogP contribution in [0.2, 0.25) is 0 Å². The number of hydrogen-bond acceptors (Lipinski definition) is 4. The van der Waals surface area contributed by atoms with Gasteiger partial charge in [0.25, 0.3) is 5.91 Å². The Labute approximate surface area is 147 Å². The van der Waals surface area contributed by atoms with E-state index in [1.807, 2.05) is 6.07 Å². The quantitative estimate of drug-likeness (QED) is 0.857. The minimum absolute atomic E-state index is 0.106. The number of hydrogen-bond donors (Lipinski definition) is 1. The molecule has 0 bridgehead atoms. The van der Waals surface area contributed by atoms with E-state index in [1.165, 1.54) is 0 Å². The number of morpholine rings is 1. The van der Waals surface area contributed by atoms with Crippen LogP contribution in [0.25, 0.3) is 5.69 Å². The monoisotopic (exact) mass is 393 g/mol. The van der Waals surface area contributed by atoms with Gasteiger partial charge < -0.3 is 14.7 Å². The second-order valence-corrected chi connectivity index (χ2v) is 6.41. The number of benzene rings is 1. The molecule has 2 aromatic rings. The topological polar surface area (TPSA) is 84.7 Å². The molecule has 1 amide bonds. The van der Waals surface area contributed by atoms with Crippen molar-refractivity contribution < 1.29 is 19.4 Å². The third-order valence-electron chi connectivity index (χ3n) is 3.74. The highest BCUT2D eigenvalue weighted by Gasteiger charge is 2.26. The summed E-state index contributed by atoms with van der Waals surface area (Å²) < 4.78 is 7.93. The number of halogens is 1. The van der Waals surface area contributed by atoms with E-state index in [0.717, 1.165) is 10.2 Å². The normalized spacial score (nSPS) is 17.7. The number of carboxylic acids is 1. The van der Waals surface area contributed by atoms with Gasteiger partial charge in [-0.25, -0.2) is 4.68 Å². The summed E-state index contributed by atoms with van der Waals surface area (Å²) in [5.41, 5.74) is 1.32. The zero-order valence-electron chi connectivity index (χ0n) is 12.8. The van der Waals surface area contributed by atoms with Crippen LogP contribution in [-0.2, 0) is 9.53 Å². The van der Waals surface area contributed by atoms with E-state index in [4.69, 9.17) is 9.84 Å². The average Bonchev–Trinajstić information content (AvgIpc) is 3.00. The van der Waals surface area contributed by atoms with Crippen LogP contribution in [0.1, 0.15) is 16.8 Å². The molecule has 1 unspecified atom stereocenters. The summed E-state index contributed by atoms with van der Waals surface area (Å²) in [5.74, 6) is -1.07. The SMILES string of the molecule is O=C(O)CC1CN(C(=O)c2cccc(-n3cc(Br)cn3)c2)CCO1. The van der Waals surface area contributed by atoms with Crippen molar-refractivity contribution in [2.45, 2.75) is 12.5 Å². The Kier molecular flexibility index (Phi) is 4.96. The van der Waals surface area contributed by atoms with E-state index >= 15 is 0 Å². The Morgan fingerprint density at radius 3 is 2.96 bits per heavy atom. The number of carbonyl (C=O) groups is 2. The van der Waals surface area contributed by atoms with Crippen LogP contribution in [0, 0.1) is 0 Å². The minimum Gasteiger partial charge on any atom is -0.481 e. The molecular weight excluding hydrogens is 378 g/mol. The molecule has 0 spiro atoms. The summed E-state index contributed by atoms with van der Waals surface area (Å²) in [6.45, 7) is 1.07. The zero-order chi connectivity index (χ0) is 17.1. The molecular formula is C16H16BrN3O4. The van der Waals surface area contributed by atoms with Gasteiger partial charge in [-0.3, -0.25) is 9.59 Å². The van der Waals surface area contributed by atoms with Gasteiger partial charge in [-0.05, 0) is 34.1 Å². The molecule has 1 aromatic carbocycles. The summed E-state index contributed by atoms with van der Waals surface area (Å²) in [5, 5.41) is 13.1. The highest BCUT2D eigenvalue weighted by atomic mass is 79.9. The molecule has 126 valence electrons. The molecule has 1 N–H and O–H groups in total. The lowest BCUT2D eigenvalue weighted by atomic mass is 10.1. The van der Waals surface area contributed by atoms with Crippen molar-refractivity contribution in [1.82, 2.24) is 14.7 Å². The minimum atomic E-state index is -0.930. The molecule has 8 heteroatoms. The van der Waals surface area contributed by atoms with E-state index in [-0.39, 0.29) is 18.9 Å². The van der Waals surface area contributed by atoms with E-state index in [9.17, 15) is 9.59 Å². The highest BCUT2D eigenvalue weighted by Crippen LogP contribution is 2.17. The van der Waals surface area contributed by atoms with Crippen molar-refractivity contribution >= 4 is 27.8 Å². The number of aliphatic carboxylic acids is 1. The van der Waals surface area contributed by atoms with E-state index in [1.54, 1.807) is 40.2 Å². The fraction of sp³-hybridized carbons (Fsp3) is 0.312. The molecule has 0 saturated carbocycles. The molecule has 24 heavy (non-hydrogen) atoms. The number of carboxylic acid groups (broad SMARTS) is 1. The van der Waals surface area contributed by atoms with Gasteiger partial charge in [-0.15, -0.1) is 0 Å². The van der Waals surface area contributed by atoms with Gasteiger partial charge in [0.05, 0.1) is 35.5 Å². The zero-order valence-corrected chi connectivity index (χ0v) is 14.3. The molecule has 1 aliphatic rings. The van der Waals surface area contributed by atoms with Gasteiger partial charge in [-0.2, -0.15) is 5.10 Å². The fourth-order valence-corrected chi connectivity index (χ4v) is 2.91. The van der Waals surface area contributed by atoms with Crippen molar-refractivity contribution in [3.63, 3.8) is 0 Å². The van der Waals surface area contributed by atoms with Crippen LogP contribution in [0.3, 0.4) is 0 Å². The highest BCUT2D eigenvalue weighted by molar-refractivity contribution is 9.10. The van der Waals surface area contributed by atoms with Gasteiger partial charge in [0.2, 0.25) is 0 Å². The van der Waals surface area contributed by atoms with Crippen LogP contribution in [0.15, 0.2) is 41.1 Å². The first-order chi connectivity index (χ1) is 11.5. The van der Waals surface area contributed by atoms with E-state index in [0.29, 0.717) is 18.7 Å². The smallest absolute Gasteiger partial charge is 0.306 e. The second-order valence-electron chi connectivity index (χ2n) is 5.50. The Balaban J connectivity index is 1.76. The predicted octanol–water partition coefficient (Wildman–Crippen LogP) is 1.95. The molecule has 1 saturated heterocycles. The van der Waals surface area contributed by atoms with Crippen LogP contribution >= 0.6 is 15.9 Å². The molecule has 3 rings (SSSR count). The number of ether oxygens (including phenoxy) is 1. The van der Waals surface area contributed by atoms with Crippen LogP contribution in [0.5, 0.6) is 0 Å². The maximum Gasteiger partial charge on any atom is 0.306 e. The van der Waals surface area contributed by atoms with Crippen molar-refractivity contribution in [2.24, 2.45) is 0 Å². The summed E-state index contributed by atoms with van der Waals surface area (Å²) in [6.07, 6.45) is 2.91. The Morgan fingerprint density at radius 2 is 2.25 bits per heavy atom. The Morgan fingerprint density at radius 1 is 1.42 bits per heavy atom. The molecule has 0 radical (unpaired) electrons. The van der Waals surface area contributed by atoms with Crippen molar-refractivity contribution in [3.05, 3.63) is 46.7 Å². The van der Waals surface area contributed by atoms with E-state index in [2.05, 4.69) is 21.0 Å². The second kappa shape index (κ2) is 7.14. The molecule has 1 atom stereocenters. The van der Waals surface area contributed by atoms with Gasteiger partial charge in [0, 0.05) is 24.8 Å². The summed E-state index contributed by atoms with van der Waals surface area (Å²) in [7, 11) is 0. The maximum atomic E-state index is 12.7. The van der Waals surface area contributed by atoms with Crippen molar-refractivity contribution in [2.75, 3.05) is 19.7 Å². The lowest BCUT2D eigenvalue weighted by Gasteiger charge is -2.32. The molecule has 0 aliphatic carbocycles. The third-order valence-corrected chi connectivity index (χ3v) is 4.15. The largest absolute Gasteiger partial charge is 0.481 e. The maximum absolute atomic E-state index is 12.7. The molecule has 2 heterocycles. The number of amides is 1. The molecule has 1 fully saturated rings. The number of aromatic nitrogens is 2. The third kappa shape index (κ3) is 3.82. The van der Waals surface area contributed by atoms with Gasteiger partial charge in [0.1, 0.15) is 0 Å². The first-order valence-corrected chi connectivity index (χ1v) is 8.25. The van der Waals surface area contributed by atoms with Crippen molar-refractivity contribution in [3.8, 4) is 5.69 Å². The van der Waals surface area contributed by atoms with Crippen LogP contribution in [0.4, 0.5) is 0 Å². The van der Waals surface area contributed by atoms with Crippen molar-refractivity contribution in [1.29, 1.82) is 0 Å². The predicted molar refractivity (Wildman–Crippen MR) is 89.2 cm³/mol. The van der Waals surface area contributed by atoms with Crippen LogP contribution in [-0.4, -0.2) is 57.5 Å². The fourth-order valence-electron chi connectivity index (χ4n) is 2.63. The van der Waals surface area contributed by atoms with Gasteiger partial charge in [-0.1, -0.05) is 6.07 Å². The number of carbonyl (C=O) groups excluding carboxylic acids is 1. The first-order valence-electron chi connectivity index (χ1n) is 7.46. The Hall–Kier alpha value is -2.19. The molecule has 1 aromatic heterocycles.